The maximum atomic E-state index is 4.03. The van der Waals surface area contributed by atoms with Crippen molar-refractivity contribution in [3.8, 4) is 0 Å². The first-order valence-corrected chi connectivity index (χ1v) is 5.42. The average molecular weight is 179 g/mol. The Morgan fingerprint density at radius 2 is 2.17 bits per heavy atom. The van der Waals surface area contributed by atoms with Crippen molar-refractivity contribution in [2.45, 2.75) is 18.6 Å². The molecule has 12 heavy (non-hydrogen) atoms. The highest BCUT2D eigenvalue weighted by Gasteiger charge is 2.22. The van der Waals surface area contributed by atoms with Gasteiger partial charge in [-0.3, -0.25) is 4.98 Å². The van der Waals surface area contributed by atoms with E-state index >= 15 is 0 Å². The van der Waals surface area contributed by atoms with Gasteiger partial charge in [0.2, 0.25) is 0 Å². The van der Waals surface area contributed by atoms with Gasteiger partial charge in [-0.05, 0) is 35.8 Å². The quantitative estimate of drug-likeness (QED) is 0.657. The number of thioether (sulfide) groups is 1. The molecule has 0 amide bonds. The normalized spacial score (nSPS) is 29.1. The van der Waals surface area contributed by atoms with Gasteiger partial charge in [0.05, 0.1) is 0 Å². The van der Waals surface area contributed by atoms with E-state index in [1.54, 1.807) is 0 Å². The maximum absolute atomic E-state index is 4.03. The molecule has 0 saturated carbocycles. The van der Waals surface area contributed by atoms with Crippen molar-refractivity contribution < 1.29 is 0 Å². The van der Waals surface area contributed by atoms with Crippen molar-refractivity contribution in [3.05, 3.63) is 30.1 Å². The Bertz CT molecular complexity index is 247. The molecule has 1 aromatic rings. The number of aromatic nitrogens is 1. The topological polar surface area (TPSA) is 12.9 Å². The summed E-state index contributed by atoms with van der Waals surface area (Å²) in [6.07, 6.45) is 5.10. The van der Waals surface area contributed by atoms with Crippen molar-refractivity contribution in [1.82, 2.24) is 4.98 Å². The molecule has 1 aliphatic rings. The predicted octanol–water partition coefficient (Wildman–Crippen LogP) is 2.90. The number of nitrogens with zero attached hydrogens (tertiary/aromatic N) is 1. The average Bonchev–Trinajstić information content (AvgIpc) is 2.54. The van der Waals surface area contributed by atoms with E-state index in [0.717, 1.165) is 11.2 Å². The lowest BCUT2D eigenvalue weighted by atomic mass is 10.0. The third-order valence-corrected chi connectivity index (χ3v) is 3.90. The Labute approximate surface area is 77.6 Å². The highest BCUT2D eigenvalue weighted by atomic mass is 32.2. The molecule has 0 spiro atoms. The standard InChI is InChI=1S/C10H13NS/c1-8-6-10(12-7-8)9-2-4-11-5-3-9/h2-5,8,10H,6-7H2,1H3. The fourth-order valence-electron chi connectivity index (χ4n) is 1.59. The van der Waals surface area contributed by atoms with Crippen LogP contribution in [0.2, 0.25) is 0 Å². The highest BCUT2D eigenvalue weighted by molar-refractivity contribution is 7.99. The third kappa shape index (κ3) is 1.63. The lowest BCUT2D eigenvalue weighted by Crippen LogP contribution is -1.91. The van der Waals surface area contributed by atoms with Crippen molar-refractivity contribution in [2.24, 2.45) is 5.92 Å². The Balaban J connectivity index is 2.11. The van der Waals surface area contributed by atoms with E-state index in [-0.39, 0.29) is 0 Å². The summed E-state index contributed by atoms with van der Waals surface area (Å²) >= 11 is 2.08. The molecule has 64 valence electrons. The zero-order chi connectivity index (χ0) is 8.39. The van der Waals surface area contributed by atoms with E-state index in [0.29, 0.717) is 0 Å². The van der Waals surface area contributed by atoms with Crippen LogP contribution in [0, 0.1) is 5.92 Å². The Morgan fingerprint density at radius 3 is 2.75 bits per heavy atom. The summed E-state index contributed by atoms with van der Waals surface area (Å²) in [5.74, 6) is 2.20. The van der Waals surface area contributed by atoms with Crippen LogP contribution in [-0.2, 0) is 0 Å². The summed E-state index contributed by atoms with van der Waals surface area (Å²) in [5.41, 5.74) is 1.44. The van der Waals surface area contributed by atoms with Crippen LogP contribution in [0.3, 0.4) is 0 Å². The fraction of sp³-hybridized carbons (Fsp3) is 0.500. The fourth-order valence-corrected chi connectivity index (χ4v) is 3.10. The first-order chi connectivity index (χ1) is 5.86. The smallest absolute Gasteiger partial charge is 0.0301 e. The van der Waals surface area contributed by atoms with E-state index in [2.05, 4.69) is 35.8 Å². The molecular weight excluding hydrogens is 166 g/mol. The van der Waals surface area contributed by atoms with Crippen molar-refractivity contribution in [2.75, 3.05) is 5.75 Å². The molecule has 0 aromatic carbocycles. The molecule has 0 aliphatic carbocycles. The highest BCUT2D eigenvalue weighted by Crippen LogP contribution is 2.42. The second kappa shape index (κ2) is 3.48. The van der Waals surface area contributed by atoms with E-state index in [4.69, 9.17) is 0 Å². The minimum atomic E-state index is 0.725. The Hall–Kier alpha value is -0.500. The van der Waals surface area contributed by atoms with Crippen molar-refractivity contribution in [1.29, 1.82) is 0 Å². The summed E-state index contributed by atoms with van der Waals surface area (Å²) < 4.78 is 0. The van der Waals surface area contributed by atoms with Gasteiger partial charge in [0.15, 0.2) is 0 Å². The summed E-state index contributed by atoms with van der Waals surface area (Å²) in [6.45, 7) is 2.33. The molecule has 0 bridgehead atoms. The summed E-state index contributed by atoms with van der Waals surface area (Å²) in [4.78, 5) is 4.03. The van der Waals surface area contributed by atoms with Gasteiger partial charge in [-0.15, -0.1) is 0 Å². The van der Waals surface area contributed by atoms with Gasteiger partial charge in [-0.1, -0.05) is 6.92 Å². The van der Waals surface area contributed by atoms with Crippen LogP contribution in [0.5, 0.6) is 0 Å². The number of hydrogen-bond donors (Lipinski definition) is 0. The van der Waals surface area contributed by atoms with E-state index in [1.165, 1.54) is 17.7 Å². The monoisotopic (exact) mass is 179 g/mol. The first kappa shape index (κ1) is 8.11. The Kier molecular flexibility index (Phi) is 2.35. The maximum Gasteiger partial charge on any atom is 0.0301 e. The van der Waals surface area contributed by atoms with Gasteiger partial charge in [-0.25, -0.2) is 0 Å². The summed E-state index contributed by atoms with van der Waals surface area (Å²) in [5, 5.41) is 0.725. The summed E-state index contributed by atoms with van der Waals surface area (Å²) in [7, 11) is 0. The molecule has 2 unspecified atom stereocenters. The van der Waals surface area contributed by atoms with Gasteiger partial charge in [0.25, 0.3) is 0 Å². The number of hydrogen-bond acceptors (Lipinski definition) is 2. The van der Waals surface area contributed by atoms with Crippen LogP contribution in [-0.4, -0.2) is 10.7 Å². The lowest BCUT2D eigenvalue weighted by Gasteiger charge is -2.07. The van der Waals surface area contributed by atoms with Crippen LogP contribution in [0.4, 0.5) is 0 Å². The van der Waals surface area contributed by atoms with Crippen LogP contribution in [0.15, 0.2) is 24.5 Å². The number of rotatable bonds is 1. The molecule has 1 aliphatic heterocycles. The molecule has 2 heterocycles. The molecule has 0 radical (unpaired) electrons. The number of pyridine rings is 1. The first-order valence-electron chi connectivity index (χ1n) is 4.38. The minimum absolute atomic E-state index is 0.725. The van der Waals surface area contributed by atoms with Crippen molar-refractivity contribution >= 4 is 11.8 Å². The molecule has 2 rings (SSSR count). The second-order valence-electron chi connectivity index (χ2n) is 3.44. The van der Waals surface area contributed by atoms with Crippen LogP contribution in [0.25, 0.3) is 0 Å². The van der Waals surface area contributed by atoms with Gasteiger partial charge >= 0.3 is 0 Å². The molecule has 1 aromatic heterocycles. The minimum Gasteiger partial charge on any atom is -0.265 e. The predicted molar refractivity (Wildman–Crippen MR) is 53.2 cm³/mol. The molecule has 1 nitrogen and oxygen atoms in total. The third-order valence-electron chi connectivity index (χ3n) is 2.28. The van der Waals surface area contributed by atoms with Crippen LogP contribution < -0.4 is 0 Å². The van der Waals surface area contributed by atoms with Crippen molar-refractivity contribution in [3.63, 3.8) is 0 Å². The zero-order valence-corrected chi connectivity index (χ0v) is 8.05. The Morgan fingerprint density at radius 1 is 1.42 bits per heavy atom. The van der Waals surface area contributed by atoms with Gasteiger partial charge in [-0.2, -0.15) is 11.8 Å². The zero-order valence-electron chi connectivity index (χ0n) is 7.23. The second-order valence-corrected chi connectivity index (χ2v) is 4.68. The van der Waals surface area contributed by atoms with Gasteiger partial charge in [0, 0.05) is 17.6 Å². The van der Waals surface area contributed by atoms with E-state index < -0.39 is 0 Å². The molecular formula is C10H13NS. The molecule has 1 fully saturated rings. The van der Waals surface area contributed by atoms with E-state index in [9.17, 15) is 0 Å². The van der Waals surface area contributed by atoms with Gasteiger partial charge in [0.1, 0.15) is 0 Å². The van der Waals surface area contributed by atoms with Crippen LogP contribution in [0.1, 0.15) is 24.2 Å². The largest absolute Gasteiger partial charge is 0.265 e. The lowest BCUT2D eigenvalue weighted by molar-refractivity contribution is 0.621. The van der Waals surface area contributed by atoms with Gasteiger partial charge < -0.3 is 0 Å². The molecule has 2 atom stereocenters. The SMILES string of the molecule is CC1CSC(c2ccncc2)C1. The molecule has 1 saturated heterocycles. The summed E-state index contributed by atoms with van der Waals surface area (Å²) in [6, 6.07) is 4.27. The van der Waals surface area contributed by atoms with Crippen LogP contribution >= 0.6 is 11.8 Å². The molecule has 2 heteroatoms. The van der Waals surface area contributed by atoms with E-state index in [1.807, 2.05) is 12.4 Å². The molecule has 0 N–H and O–H groups in total.